The quantitative estimate of drug-likeness (QED) is 0.437. The van der Waals surface area contributed by atoms with Gasteiger partial charge in [0, 0.05) is 29.1 Å². The summed E-state index contributed by atoms with van der Waals surface area (Å²) in [5.41, 5.74) is 0.418. The number of nitrogens with one attached hydrogen (secondary N) is 1. The summed E-state index contributed by atoms with van der Waals surface area (Å²) in [6, 6.07) is 12.0. The minimum atomic E-state index is -2.94. The Balaban J connectivity index is 1.84. The molecule has 6 nitrogen and oxygen atoms in total. The molecule has 2 rings (SSSR count). The zero-order valence-corrected chi connectivity index (χ0v) is 13.7. The Hall–Kier alpha value is -2.68. The van der Waals surface area contributed by atoms with E-state index in [1.807, 2.05) is 0 Å². The molecule has 0 saturated carbocycles. The standard InChI is InChI=1S/C16H14F2N2O4S/c17-16(18)24-14-4-2-1-3-11(14)9-19-15(21)10-25-13-7-5-12(6-8-13)20(22)23/h1-8,16H,9-10H2,(H,19,21). The van der Waals surface area contributed by atoms with Crippen molar-refractivity contribution in [3.8, 4) is 5.75 Å². The van der Waals surface area contributed by atoms with Crippen molar-refractivity contribution in [2.45, 2.75) is 18.1 Å². The molecule has 0 aliphatic heterocycles. The van der Waals surface area contributed by atoms with Gasteiger partial charge >= 0.3 is 6.61 Å². The average Bonchev–Trinajstić information content (AvgIpc) is 2.59. The van der Waals surface area contributed by atoms with Crippen molar-refractivity contribution >= 4 is 23.4 Å². The van der Waals surface area contributed by atoms with Gasteiger partial charge in [-0.25, -0.2) is 0 Å². The van der Waals surface area contributed by atoms with E-state index in [9.17, 15) is 23.7 Å². The number of thioether (sulfide) groups is 1. The lowest BCUT2D eigenvalue weighted by atomic mass is 10.2. The van der Waals surface area contributed by atoms with Gasteiger partial charge in [-0.1, -0.05) is 18.2 Å². The monoisotopic (exact) mass is 368 g/mol. The van der Waals surface area contributed by atoms with Crippen LogP contribution in [0.2, 0.25) is 0 Å². The number of alkyl halides is 2. The van der Waals surface area contributed by atoms with E-state index in [1.54, 1.807) is 30.3 Å². The number of para-hydroxylation sites is 1. The topological polar surface area (TPSA) is 81.5 Å². The summed E-state index contributed by atoms with van der Waals surface area (Å²) < 4.78 is 29.1. The van der Waals surface area contributed by atoms with E-state index in [0.717, 1.165) is 0 Å². The molecule has 9 heteroatoms. The van der Waals surface area contributed by atoms with E-state index >= 15 is 0 Å². The molecule has 2 aromatic carbocycles. The maximum atomic E-state index is 12.3. The Bertz CT molecular complexity index is 741. The molecule has 0 spiro atoms. The number of nitrogens with zero attached hydrogens (tertiary/aromatic N) is 1. The third-order valence-electron chi connectivity index (χ3n) is 3.08. The Morgan fingerprint density at radius 3 is 2.52 bits per heavy atom. The molecule has 0 heterocycles. The summed E-state index contributed by atoms with van der Waals surface area (Å²) in [5.74, 6) is -0.189. The maximum Gasteiger partial charge on any atom is 0.387 e. The third-order valence-corrected chi connectivity index (χ3v) is 4.09. The molecule has 0 aliphatic carbocycles. The zero-order chi connectivity index (χ0) is 18.2. The second kappa shape index (κ2) is 8.97. The van der Waals surface area contributed by atoms with Gasteiger partial charge in [0.25, 0.3) is 5.69 Å². The molecular weight excluding hydrogens is 354 g/mol. The first kappa shape index (κ1) is 18.7. The van der Waals surface area contributed by atoms with Crippen LogP contribution in [-0.2, 0) is 11.3 Å². The second-order valence-electron chi connectivity index (χ2n) is 4.80. The molecule has 0 atom stereocenters. The highest BCUT2D eigenvalue weighted by molar-refractivity contribution is 8.00. The number of benzene rings is 2. The van der Waals surface area contributed by atoms with Crippen LogP contribution >= 0.6 is 11.8 Å². The fourth-order valence-corrected chi connectivity index (χ4v) is 2.65. The molecule has 0 bridgehead atoms. The van der Waals surface area contributed by atoms with Gasteiger partial charge in [0.2, 0.25) is 5.91 Å². The number of halogens is 2. The Labute approximate surface area is 146 Å². The molecule has 2 aromatic rings. The van der Waals surface area contributed by atoms with Crippen molar-refractivity contribution in [1.82, 2.24) is 5.32 Å². The fourth-order valence-electron chi connectivity index (χ4n) is 1.92. The van der Waals surface area contributed by atoms with Gasteiger partial charge in [0.1, 0.15) is 5.75 Å². The molecule has 0 radical (unpaired) electrons. The number of carbonyl (C=O) groups is 1. The SMILES string of the molecule is O=C(CSc1ccc([N+](=O)[O-])cc1)NCc1ccccc1OC(F)F. The number of rotatable bonds is 8. The van der Waals surface area contributed by atoms with Gasteiger partial charge in [0.15, 0.2) is 0 Å². The zero-order valence-electron chi connectivity index (χ0n) is 12.9. The van der Waals surface area contributed by atoms with E-state index in [2.05, 4.69) is 10.1 Å². The van der Waals surface area contributed by atoms with Crippen molar-refractivity contribution in [3.63, 3.8) is 0 Å². The molecule has 25 heavy (non-hydrogen) atoms. The number of amides is 1. The van der Waals surface area contributed by atoms with Crippen molar-refractivity contribution in [2.75, 3.05) is 5.75 Å². The molecule has 0 aliphatic rings. The highest BCUT2D eigenvalue weighted by Gasteiger charge is 2.11. The van der Waals surface area contributed by atoms with Gasteiger partial charge in [-0.3, -0.25) is 14.9 Å². The summed E-state index contributed by atoms with van der Waals surface area (Å²) in [6.45, 7) is -2.88. The number of non-ortho nitro benzene ring substituents is 1. The predicted octanol–water partition coefficient (Wildman–Crippen LogP) is 3.60. The van der Waals surface area contributed by atoms with Crippen LogP contribution in [0.25, 0.3) is 0 Å². The lowest BCUT2D eigenvalue weighted by Gasteiger charge is -2.11. The number of nitro groups is 1. The summed E-state index contributed by atoms with van der Waals surface area (Å²) in [5, 5.41) is 13.2. The van der Waals surface area contributed by atoms with Gasteiger partial charge in [-0.15, -0.1) is 11.8 Å². The largest absolute Gasteiger partial charge is 0.434 e. The molecule has 0 aromatic heterocycles. The van der Waals surface area contributed by atoms with E-state index in [-0.39, 0.29) is 29.6 Å². The first-order valence-corrected chi connectivity index (χ1v) is 8.11. The Morgan fingerprint density at radius 2 is 1.88 bits per heavy atom. The number of nitro benzene ring substituents is 1. The van der Waals surface area contributed by atoms with Crippen LogP contribution in [0.3, 0.4) is 0 Å². The van der Waals surface area contributed by atoms with Crippen LogP contribution in [0.1, 0.15) is 5.56 Å². The van der Waals surface area contributed by atoms with E-state index in [4.69, 9.17) is 0 Å². The second-order valence-corrected chi connectivity index (χ2v) is 5.85. The lowest BCUT2D eigenvalue weighted by molar-refractivity contribution is -0.384. The molecule has 0 unspecified atom stereocenters. The van der Waals surface area contributed by atoms with Crippen LogP contribution in [0.15, 0.2) is 53.4 Å². The van der Waals surface area contributed by atoms with Crippen molar-refractivity contribution in [1.29, 1.82) is 0 Å². The van der Waals surface area contributed by atoms with Gasteiger partial charge in [0.05, 0.1) is 10.7 Å². The normalized spacial score (nSPS) is 10.5. The molecule has 132 valence electrons. The highest BCUT2D eigenvalue weighted by atomic mass is 32.2. The summed E-state index contributed by atoms with van der Waals surface area (Å²) >= 11 is 1.21. The molecular formula is C16H14F2N2O4S. The summed E-state index contributed by atoms with van der Waals surface area (Å²) in [7, 11) is 0. The van der Waals surface area contributed by atoms with Crippen LogP contribution < -0.4 is 10.1 Å². The molecule has 0 saturated heterocycles. The summed E-state index contributed by atoms with van der Waals surface area (Å²) in [4.78, 5) is 22.6. The Morgan fingerprint density at radius 1 is 1.20 bits per heavy atom. The number of hydrogen-bond donors (Lipinski definition) is 1. The third kappa shape index (κ3) is 6.03. The molecule has 1 amide bonds. The minimum absolute atomic E-state index is 0.0146. The van der Waals surface area contributed by atoms with E-state index < -0.39 is 11.5 Å². The minimum Gasteiger partial charge on any atom is -0.434 e. The van der Waals surface area contributed by atoms with Crippen molar-refractivity contribution in [2.24, 2.45) is 0 Å². The van der Waals surface area contributed by atoms with Crippen LogP contribution in [0.5, 0.6) is 5.75 Å². The summed E-state index contributed by atoms with van der Waals surface area (Å²) in [6.07, 6.45) is 0. The Kier molecular flexibility index (Phi) is 6.70. The molecule has 0 fully saturated rings. The highest BCUT2D eigenvalue weighted by Crippen LogP contribution is 2.22. The van der Waals surface area contributed by atoms with Crippen LogP contribution in [0.4, 0.5) is 14.5 Å². The van der Waals surface area contributed by atoms with Gasteiger partial charge < -0.3 is 10.1 Å². The van der Waals surface area contributed by atoms with Gasteiger partial charge in [-0.2, -0.15) is 8.78 Å². The average molecular weight is 368 g/mol. The maximum absolute atomic E-state index is 12.3. The van der Waals surface area contributed by atoms with Crippen LogP contribution in [0, 0.1) is 10.1 Å². The van der Waals surface area contributed by atoms with Crippen molar-refractivity contribution in [3.05, 3.63) is 64.2 Å². The van der Waals surface area contributed by atoms with E-state index in [0.29, 0.717) is 10.5 Å². The van der Waals surface area contributed by atoms with Crippen LogP contribution in [-0.4, -0.2) is 23.2 Å². The number of carbonyl (C=O) groups excluding carboxylic acids is 1. The predicted molar refractivity (Wildman–Crippen MR) is 88.7 cm³/mol. The van der Waals surface area contributed by atoms with Gasteiger partial charge in [-0.05, 0) is 18.2 Å². The first-order chi connectivity index (χ1) is 12.0. The fraction of sp³-hybridized carbons (Fsp3) is 0.188. The lowest BCUT2D eigenvalue weighted by Crippen LogP contribution is -2.25. The smallest absolute Gasteiger partial charge is 0.387 e. The number of hydrogen-bond acceptors (Lipinski definition) is 5. The number of ether oxygens (including phenoxy) is 1. The van der Waals surface area contributed by atoms with Crippen molar-refractivity contribution < 1.29 is 23.2 Å². The first-order valence-electron chi connectivity index (χ1n) is 7.12. The van der Waals surface area contributed by atoms with E-state index in [1.165, 1.54) is 30.0 Å². The molecule has 1 N–H and O–H groups in total.